The molecule has 1 saturated carbocycles. The number of guanidine groups is 1. The van der Waals surface area contributed by atoms with Gasteiger partial charge in [-0.3, -0.25) is 4.99 Å². The molecule has 4 rings (SSSR count). The highest BCUT2D eigenvalue weighted by atomic mass is 127. The molecule has 0 atom stereocenters. The molecule has 8 heteroatoms. The van der Waals surface area contributed by atoms with Crippen molar-refractivity contribution in [2.24, 2.45) is 10.9 Å². The minimum absolute atomic E-state index is 0. The van der Waals surface area contributed by atoms with Crippen molar-refractivity contribution in [2.75, 3.05) is 20.2 Å². The van der Waals surface area contributed by atoms with Crippen LogP contribution in [0.4, 0.5) is 0 Å². The Morgan fingerprint density at radius 1 is 1.23 bits per heavy atom. The van der Waals surface area contributed by atoms with Gasteiger partial charge in [0.15, 0.2) is 5.96 Å². The number of aryl methyl sites for hydroxylation is 2. The molecule has 0 bridgehead atoms. The first kappa shape index (κ1) is 23.3. The molecule has 2 heterocycles. The van der Waals surface area contributed by atoms with Gasteiger partial charge in [-0.1, -0.05) is 12.1 Å². The van der Waals surface area contributed by atoms with Crippen LogP contribution in [-0.2, 0) is 13.1 Å². The van der Waals surface area contributed by atoms with Gasteiger partial charge < -0.3 is 19.9 Å². The topological polar surface area (TPSA) is 76.4 Å². The number of nitrogens with zero attached hydrogens (tertiary/aromatic N) is 4. The summed E-state index contributed by atoms with van der Waals surface area (Å²) >= 11 is 0. The van der Waals surface area contributed by atoms with Crippen molar-refractivity contribution in [2.45, 2.75) is 39.3 Å². The largest absolute Gasteiger partial charge is 0.477 e. The first-order valence-corrected chi connectivity index (χ1v) is 10.7. The van der Waals surface area contributed by atoms with Crippen molar-refractivity contribution in [1.29, 1.82) is 0 Å². The zero-order valence-electron chi connectivity index (χ0n) is 18.2. The average molecular weight is 534 g/mol. The van der Waals surface area contributed by atoms with Gasteiger partial charge in [-0.05, 0) is 55.9 Å². The molecule has 0 amide bonds. The summed E-state index contributed by atoms with van der Waals surface area (Å²) in [5.41, 5.74) is 3.37. The molecule has 1 fully saturated rings. The third-order valence-corrected chi connectivity index (χ3v) is 5.34. The Morgan fingerprint density at radius 2 is 2.06 bits per heavy atom. The van der Waals surface area contributed by atoms with Crippen LogP contribution in [0, 0.1) is 12.8 Å². The number of nitrogens with one attached hydrogen (secondary N) is 2. The summed E-state index contributed by atoms with van der Waals surface area (Å²) in [6.45, 7) is 5.26. The first-order valence-electron chi connectivity index (χ1n) is 10.7. The van der Waals surface area contributed by atoms with E-state index in [-0.39, 0.29) is 24.0 Å². The van der Waals surface area contributed by atoms with Crippen LogP contribution in [0.3, 0.4) is 0 Å². The molecule has 2 N–H and O–H groups in total. The second kappa shape index (κ2) is 11.3. The second-order valence-corrected chi connectivity index (χ2v) is 7.76. The van der Waals surface area contributed by atoms with E-state index in [0.717, 1.165) is 54.9 Å². The molecule has 1 aliphatic carbocycles. The predicted octanol–water partition coefficient (Wildman–Crippen LogP) is 3.90. The van der Waals surface area contributed by atoms with Crippen molar-refractivity contribution in [3.63, 3.8) is 0 Å². The van der Waals surface area contributed by atoms with Crippen molar-refractivity contribution >= 4 is 41.0 Å². The number of para-hydroxylation sites is 2. The van der Waals surface area contributed by atoms with Crippen molar-refractivity contribution in [3.05, 3.63) is 54.0 Å². The molecule has 2 aromatic heterocycles. The monoisotopic (exact) mass is 534 g/mol. The molecule has 7 nitrogen and oxygen atoms in total. The van der Waals surface area contributed by atoms with Crippen molar-refractivity contribution < 1.29 is 4.74 Å². The van der Waals surface area contributed by atoms with Crippen LogP contribution in [0.1, 0.15) is 30.7 Å². The second-order valence-electron chi connectivity index (χ2n) is 7.76. The first-order chi connectivity index (χ1) is 14.7. The quantitative estimate of drug-likeness (QED) is 0.189. The minimum Gasteiger partial charge on any atom is -0.477 e. The molecule has 1 aliphatic rings. The Kier molecular flexibility index (Phi) is 8.51. The highest BCUT2D eigenvalue weighted by molar-refractivity contribution is 14.0. The Hall–Kier alpha value is -2.36. The number of hydrogen-bond donors (Lipinski definition) is 2. The summed E-state index contributed by atoms with van der Waals surface area (Å²) in [6.07, 6.45) is 5.34. The van der Waals surface area contributed by atoms with Gasteiger partial charge in [0, 0.05) is 38.9 Å². The number of halogens is 1. The fourth-order valence-corrected chi connectivity index (χ4v) is 3.46. The van der Waals surface area contributed by atoms with E-state index in [1.165, 1.54) is 18.4 Å². The van der Waals surface area contributed by atoms with E-state index in [9.17, 15) is 0 Å². The van der Waals surface area contributed by atoms with E-state index in [4.69, 9.17) is 4.74 Å². The van der Waals surface area contributed by atoms with E-state index >= 15 is 0 Å². The Bertz CT molecular complexity index is 1010. The predicted molar refractivity (Wildman–Crippen MR) is 135 cm³/mol. The number of pyridine rings is 1. The molecule has 0 unspecified atom stereocenters. The summed E-state index contributed by atoms with van der Waals surface area (Å²) in [4.78, 5) is 13.3. The summed E-state index contributed by atoms with van der Waals surface area (Å²) in [5, 5.41) is 6.75. The van der Waals surface area contributed by atoms with E-state index in [0.29, 0.717) is 12.4 Å². The maximum Gasteiger partial charge on any atom is 0.213 e. The number of imidazole rings is 1. The number of ether oxygens (including phenoxy) is 1. The van der Waals surface area contributed by atoms with Crippen LogP contribution < -0.4 is 15.4 Å². The lowest BCUT2D eigenvalue weighted by atomic mass is 10.2. The standard InChI is InChI=1S/C23H30N6O.HI/c1-17-28-20-6-3-4-7-21(20)29(17)13-5-11-26-23(24-2)27-15-19-10-12-25-22(14-19)30-16-18-8-9-18;/h3-4,6-7,10,12,14,18H,5,8-9,11,13,15-16H2,1-2H3,(H2,24,26,27);1H. The van der Waals surface area contributed by atoms with Crippen LogP contribution in [0.2, 0.25) is 0 Å². The van der Waals surface area contributed by atoms with Crippen LogP contribution >= 0.6 is 24.0 Å². The van der Waals surface area contributed by atoms with Crippen LogP contribution in [0.5, 0.6) is 5.88 Å². The Labute approximate surface area is 200 Å². The molecule has 0 radical (unpaired) electrons. The van der Waals surface area contributed by atoms with Crippen molar-refractivity contribution in [3.8, 4) is 5.88 Å². The maximum atomic E-state index is 5.77. The fourth-order valence-electron chi connectivity index (χ4n) is 3.46. The fraction of sp³-hybridized carbons (Fsp3) is 0.435. The third kappa shape index (κ3) is 6.56. The number of fused-ring (bicyclic) bond motifs is 1. The molecule has 1 aromatic carbocycles. The normalized spacial score (nSPS) is 13.7. The van der Waals surface area contributed by atoms with Gasteiger partial charge in [0.05, 0.1) is 17.6 Å². The summed E-state index contributed by atoms with van der Waals surface area (Å²) < 4.78 is 8.04. The smallest absolute Gasteiger partial charge is 0.213 e. The van der Waals surface area contributed by atoms with E-state index < -0.39 is 0 Å². The molecule has 0 saturated heterocycles. The number of aromatic nitrogens is 3. The van der Waals surface area contributed by atoms with Gasteiger partial charge in [-0.15, -0.1) is 24.0 Å². The van der Waals surface area contributed by atoms with Gasteiger partial charge in [0.25, 0.3) is 0 Å². The highest BCUT2D eigenvalue weighted by Crippen LogP contribution is 2.29. The Morgan fingerprint density at radius 3 is 2.87 bits per heavy atom. The molecule has 166 valence electrons. The van der Waals surface area contributed by atoms with Crippen molar-refractivity contribution in [1.82, 2.24) is 25.2 Å². The van der Waals surface area contributed by atoms with E-state index in [1.807, 2.05) is 18.2 Å². The molecule has 0 aliphatic heterocycles. The van der Waals surface area contributed by atoms with Gasteiger partial charge in [-0.25, -0.2) is 9.97 Å². The molecular formula is C23H31IN6O. The number of rotatable bonds is 9. The van der Waals surface area contributed by atoms with E-state index in [2.05, 4.69) is 55.3 Å². The molecule has 0 spiro atoms. The number of benzene rings is 1. The molecular weight excluding hydrogens is 503 g/mol. The lowest BCUT2D eigenvalue weighted by Crippen LogP contribution is -2.37. The third-order valence-electron chi connectivity index (χ3n) is 5.34. The van der Waals surface area contributed by atoms with E-state index in [1.54, 1.807) is 13.2 Å². The zero-order valence-corrected chi connectivity index (χ0v) is 20.5. The lowest BCUT2D eigenvalue weighted by Gasteiger charge is -2.13. The summed E-state index contributed by atoms with van der Waals surface area (Å²) in [6, 6.07) is 12.3. The number of aliphatic imine (C=N–C) groups is 1. The maximum absolute atomic E-state index is 5.77. The van der Waals surface area contributed by atoms with Crippen LogP contribution in [0.25, 0.3) is 11.0 Å². The van der Waals surface area contributed by atoms with Crippen LogP contribution in [0.15, 0.2) is 47.6 Å². The minimum atomic E-state index is 0. The van der Waals surface area contributed by atoms with Gasteiger partial charge >= 0.3 is 0 Å². The summed E-state index contributed by atoms with van der Waals surface area (Å²) in [5.74, 6) is 3.27. The number of hydrogen-bond acceptors (Lipinski definition) is 4. The zero-order chi connectivity index (χ0) is 20.8. The van der Waals surface area contributed by atoms with Crippen LogP contribution in [-0.4, -0.2) is 40.7 Å². The lowest BCUT2D eigenvalue weighted by molar-refractivity contribution is 0.288. The molecule has 3 aromatic rings. The van der Waals surface area contributed by atoms with Gasteiger partial charge in [-0.2, -0.15) is 0 Å². The highest BCUT2D eigenvalue weighted by Gasteiger charge is 2.22. The van der Waals surface area contributed by atoms with Gasteiger partial charge in [0.1, 0.15) is 5.82 Å². The summed E-state index contributed by atoms with van der Waals surface area (Å²) in [7, 11) is 1.79. The average Bonchev–Trinajstić information content (AvgIpc) is 3.54. The SMILES string of the molecule is CN=C(NCCCn1c(C)nc2ccccc21)NCc1ccnc(OCC2CC2)c1.I. The Balaban J connectivity index is 0.00000272. The van der Waals surface area contributed by atoms with Gasteiger partial charge in [0.2, 0.25) is 5.88 Å². The molecule has 31 heavy (non-hydrogen) atoms.